The lowest BCUT2D eigenvalue weighted by Crippen LogP contribution is -2.21. The van der Waals surface area contributed by atoms with Gasteiger partial charge in [0.2, 0.25) is 0 Å². The van der Waals surface area contributed by atoms with Crippen LogP contribution in [0.3, 0.4) is 0 Å². The SMILES string of the molecule is COc1cc(CNNc2ccccc2)c(Cl)cc1OCc1ccc(Cl)cc1Cl. The molecule has 0 saturated heterocycles. The number of para-hydroxylation sites is 1. The van der Waals surface area contributed by atoms with Gasteiger partial charge in [0.1, 0.15) is 6.61 Å². The minimum absolute atomic E-state index is 0.274. The summed E-state index contributed by atoms with van der Waals surface area (Å²) in [5, 5.41) is 1.70. The average Bonchev–Trinajstić information content (AvgIpc) is 2.69. The topological polar surface area (TPSA) is 42.5 Å². The van der Waals surface area contributed by atoms with E-state index in [0.29, 0.717) is 33.1 Å². The number of hydrazine groups is 1. The maximum Gasteiger partial charge on any atom is 0.163 e. The van der Waals surface area contributed by atoms with E-state index in [1.807, 2.05) is 42.5 Å². The molecule has 0 aliphatic heterocycles. The third-order valence-electron chi connectivity index (χ3n) is 4.02. The minimum atomic E-state index is 0.274. The number of rotatable bonds is 8. The van der Waals surface area contributed by atoms with Gasteiger partial charge in [0.25, 0.3) is 0 Å². The summed E-state index contributed by atoms with van der Waals surface area (Å²) in [5.41, 5.74) is 8.92. The maximum absolute atomic E-state index is 6.43. The zero-order valence-electron chi connectivity index (χ0n) is 15.1. The van der Waals surface area contributed by atoms with Gasteiger partial charge in [0, 0.05) is 38.9 Å². The molecule has 0 amide bonds. The molecule has 3 aromatic carbocycles. The smallest absolute Gasteiger partial charge is 0.163 e. The van der Waals surface area contributed by atoms with Crippen molar-refractivity contribution < 1.29 is 9.47 Å². The molecule has 2 N–H and O–H groups in total. The van der Waals surface area contributed by atoms with Gasteiger partial charge < -0.3 is 14.9 Å². The Morgan fingerprint density at radius 2 is 1.57 bits per heavy atom. The fourth-order valence-corrected chi connectivity index (χ4v) is 3.23. The highest BCUT2D eigenvalue weighted by Gasteiger charge is 2.12. The van der Waals surface area contributed by atoms with Gasteiger partial charge in [-0.2, -0.15) is 0 Å². The second kappa shape index (κ2) is 9.89. The van der Waals surface area contributed by atoms with Crippen molar-refractivity contribution in [2.24, 2.45) is 0 Å². The van der Waals surface area contributed by atoms with E-state index in [2.05, 4.69) is 10.9 Å². The Bertz CT molecular complexity index is 936. The van der Waals surface area contributed by atoms with Crippen molar-refractivity contribution >= 4 is 40.5 Å². The predicted octanol–water partition coefficient (Wildman–Crippen LogP) is 6.35. The van der Waals surface area contributed by atoms with Crippen molar-refractivity contribution in [2.75, 3.05) is 12.5 Å². The van der Waals surface area contributed by atoms with Crippen LogP contribution in [0.25, 0.3) is 0 Å². The van der Waals surface area contributed by atoms with E-state index in [1.54, 1.807) is 25.3 Å². The molecule has 0 unspecified atom stereocenters. The molecule has 3 rings (SSSR count). The third-order valence-corrected chi connectivity index (χ3v) is 4.96. The van der Waals surface area contributed by atoms with Gasteiger partial charge in [-0.25, -0.2) is 5.43 Å². The lowest BCUT2D eigenvalue weighted by Gasteiger charge is -2.15. The summed E-state index contributed by atoms with van der Waals surface area (Å²) >= 11 is 18.6. The molecule has 7 heteroatoms. The summed E-state index contributed by atoms with van der Waals surface area (Å²) in [6.07, 6.45) is 0. The molecule has 0 aliphatic carbocycles. The molecule has 28 heavy (non-hydrogen) atoms. The van der Waals surface area contributed by atoms with E-state index in [4.69, 9.17) is 44.3 Å². The molecular formula is C21H19Cl3N2O2. The van der Waals surface area contributed by atoms with Gasteiger partial charge in [-0.15, -0.1) is 0 Å². The zero-order chi connectivity index (χ0) is 19.9. The van der Waals surface area contributed by atoms with Crippen LogP contribution in [0.1, 0.15) is 11.1 Å². The number of methoxy groups -OCH3 is 1. The summed E-state index contributed by atoms with van der Waals surface area (Å²) in [6, 6.07) is 18.7. The normalized spacial score (nSPS) is 10.6. The number of anilines is 1. The minimum Gasteiger partial charge on any atom is -0.493 e. The maximum atomic E-state index is 6.43. The second-order valence-electron chi connectivity index (χ2n) is 5.96. The zero-order valence-corrected chi connectivity index (χ0v) is 17.4. The van der Waals surface area contributed by atoms with Crippen LogP contribution in [-0.4, -0.2) is 7.11 Å². The quantitative estimate of drug-likeness (QED) is 0.403. The van der Waals surface area contributed by atoms with Gasteiger partial charge in [-0.1, -0.05) is 59.1 Å². The molecule has 0 saturated carbocycles. The molecule has 0 atom stereocenters. The Hall–Kier alpha value is -2.11. The van der Waals surface area contributed by atoms with Crippen LogP contribution in [0, 0.1) is 0 Å². The molecule has 0 fully saturated rings. The summed E-state index contributed by atoms with van der Waals surface area (Å²) in [6.45, 7) is 0.781. The first-order valence-corrected chi connectivity index (χ1v) is 9.67. The van der Waals surface area contributed by atoms with Gasteiger partial charge in [-0.3, -0.25) is 0 Å². The van der Waals surface area contributed by atoms with E-state index in [1.165, 1.54) is 0 Å². The average molecular weight is 438 g/mol. The van der Waals surface area contributed by atoms with E-state index in [0.717, 1.165) is 16.8 Å². The monoisotopic (exact) mass is 436 g/mol. The van der Waals surface area contributed by atoms with Crippen LogP contribution in [-0.2, 0) is 13.2 Å². The van der Waals surface area contributed by atoms with E-state index >= 15 is 0 Å². The van der Waals surface area contributed by atoms with Crippen LogP contribution < -0.4 is 20.3 Å². The predicted molar refractivity (Wildman–Crippen MR) is 116 cm³/mol. The molecule has 0 bridgehead atoms. The standard InChI is InChI=1S/C21H19Cl3N2O2/c1-27-20-9-15(12-25-26-17-5-3-2-4-6-17)19(24)11-21(20)28-13-14-7-8-16(22)10-18(14)23/h2-11,25-26H,12-13H2,1H3. The molecule has 0 aliphatic rings. The van der Waals surface area contributed by atoms with E-state index < -0.39 is 0 Å². The van der Waals surface area contributed by atoms with Crippen molar-refractivity contribution in [3.8, 4) is 11.5 Å². The van der Waals surface area contributed by atoms with Crippen molar-refractivity contribution in [1.29, 1.82) is 0 Å². The second-order valence-corrected chi connectivity index (χ2v) is 7.21. The highest BCUT2D eigenvalue weighted by molar-refractivity contribution is 6.35. The summed E-state index contributed by atoms with van der Waals surface area (Å²) in [7, 11) is 1.59. The van der Waals surface area contributed by atoms with Crippen LogP contribution in [0.2, 0.25) is 15.1 Å². The summed E-state index contributed by atoms with van der Waals surface area (Å²) in [4.78, 5) is 0. The van der Waals surface area contributed by atoms with Crippen molar-refractivity contribution in [2.45, 2.75) is 13.2 Å². The van der Waals surface area contributed by atoms with Gasteiger partial charge in [0.15, 0.2) is 11.5 Å². The van der Waals surface area contributed by atoms with Crippen molar-refractivity contribution in [3.05, 3.63) is 86.9 Å². The van der Waals surface area contributed by atoms with Crippen LogP contribution >= 0.6 is 34.8 Å². The van der Waals surface area contributed by atoms with Gasteiger partial charge in [0.05, 0.1) is 7.11 Å². The van der Waals surface area contributed by atoms with Crippen LogP contribution in [0.15, 0.2) is 60.7 Å². The number of hydrogen-bond donors (Lipinski definition) is 2. The Morgan fingerprint density at radius 3 is 2.29 bits per heavy atom. The van der Waals surface area contributed by atoms with Crippen LogP contribution in [0.5, 0.6) is 11.5 Å². The van der Waals surface area contributed by atoms with Crippen molar-refractivity contribution in [1.82, 2.24) is 5.43 Å². The number of nitrogens with one attached hydrogen (secondary N) is 2. The molecule has 3 aromatic rings. The molecule has 0 spiro atoms. The van der Waals surface area contributed by atoms with E-state index in [9.17, 15) is 0 Å². The van der Waals surface area contributed by atoms with Crippen LogP contribution in [0.4, 0.5) is 5.69 Å². The Kier molecular flexibility index (Phi) is 7.29. The number of halogens is 3. The highest BCUT2D eigenvalue weighted by Crippen LogP contribution is 2.34. The van der Waals surface area contributed by atoms with Gasteiger partial charge in [-0.05, 0) is 35.9 Å². The fraction of sp³-hybridized carbons (Fsp3) is 0.143. The first-order valence-electron chi connectivity index (χ1n) is 8.54. The number of ether oxygens (including phenoxy) is 2. The fourth-order valence-electron chi connectivity index (χ4n) is 2.54. The molecule has 0 heterocycles. The molecule has 4 nitrogen and oxygen atoms in total. The lowest BCUT2D eigenvalue weighted by molar-refractivity contribution is 0.284. The molecule has 146 valence electrons. The number of hydrogen-bond acceptors (Lipinski definition) is 4. The summed E-state index contributed by atoms with van der Waals surface area (Å²) < 4.78 is 11.3. The Balaban J connectivity index is 1.66. The highest BCUT2D eigenvalue weighted by atomic mass is 35.5. The third kappa shape index (κ3) is 5.46. The van der Waals surface area contributed by atoms with Gasteiger partial charge >= 0.3 is 0 Å². The first-order chi connectivity index (χ1) is 13.6. The first kappa shape index (κ1) is 20.6. The van der Waals surface area contributed by atoms with Crippen molar-refractivity contribution in [3.63, 3.8) is 0 Å². The van der Waals surface area contributed by atoms with E-state index in [-0.39, 0.29) is 6.61 Å². The Labute approximate surface area is 179 Å². The lowest BCUT2D eigenvalue weighted by atomic mass is 10.2. The molecule has 0 radical (unpaired) electrons. The largest absolute Gasteiger partial charge is 0.493 e. The summed E-state index contributed by atoms with van der Waals surface area (Å²) in [5.74, 6) is 1.13. The molecule has 0 aromatic heterocycles. The Morgan fingerprint density at radius 1 is 0.821 bits per heavy atom. The number of benzene rings is 3. The molecular weight excluding hydrogens is 419 g/mol.